The smallest absolute Gasteiger partial charge is 0.256 e. The van der Waals surface area contributed by atoms with Gasteiger partial charge in [-0.05, 0) is 38.5 Å². The van der Waals surface area contributed by atoms with Crippen LogP contribution in [-0.4, -0.2) is 29.3 Å². The van der Waals surface area contributed by atoms with E-state index in [9.17, 15) is 9.90 Å². The van der Waals surface area contributed by atoms with Crippen LogP contribution in [0.3, 0.4) is 0 Å². The Hall–Kier alpha value is -1.36. The van der Waals surface area contributed by atoms with E-state index < -0.39 is 0 Å². The van der Waals surface area contributed by atoms with Gasteiger partial charge in [-0.15, -0.1) is 0 Å². The SMILES string of the molecule is Cc1noc(C)c1C(=O)NCC1CCCC1CO. The van der Waals surface area contributed by atoms with Gasteiger partial charge in [-0.25, -0.2) is 0 Å². The van der Waals surface area contributed by atoms with Gasteiger partial charge in [-0.3, -0.25) is 4.79 Å². The van der Waals surface area contributed by atoms with Crippen molar-refractivity contribution in [3.63, 3.8) is 0 Å². The minimum Gasteiger partial charge on any atom is -0.396 e. The van der Waals surface area contributed by atoms with E-state index in [0.717, 1.165) is 19.3 Å². The first kappa shape index (κ1) is 13.1. The van der Waals surface area contributed by atoms with Crippen molar-refractivity contribution in [2.75, 3.05) is 13.2 Å². The lowest BCUT2D eigenvalue weighted by Gasteiger charge is -2.17. The molecule has 1 heterocycles. The second-order valence-electron chi connectivity index (χ2n) is 5.04. The molecule has 0 bridgehead atoms. The van der Waals surface area contributed by atoms with Gasteiger partial charge < -0.3 is 14.9 Å². The van der Waals surface area contributed by atoms with Gasteiger partial charge in [-0.2, -0.15) is 0 Å². The maximum absolute atomic E-state index is 12.0. The molecule has 2 atom stereocenters. The van der Waals surface area contributed by atoms with Crippen molar-refractivity contribution in [1.82, 2.24) is 10.5 Å². The van der Waals surface area contributed by atoms with Crippen LogP contribution < -0.4 is 5.32 Å². The molecule has 2 rings (SSSR count). The highest BCUT2D eigenvalue weighted by Gasteiger charge is 2.27. The fourth-order valence-electron chi connectivity index (χ4n) is 2.74. The molecule has 1 aliphatic carbocycles. The molecule has 1 aromatic rings. The molecule has 1 saturated carbocycles. The van der Waals surface area contributed by atoms with Crippen molar-refractivity contribution in [3.8, 4) is 0 Å². The third-order valence-corrected chi connectivity index (χ3v) is 3.84. The van der Waals surface area contributed by atoms with Crippen LogP contribution in [0.2, 0.25) is 0 Å². The van der Waals surface area contributed by atoms with Gasteiger partial charge in [0.15, 0.2) is 0 Å². The number of rotatable bonds is 4. The number of aliphatic hydroxyl groups excluding tert-OH is 1. The lowest BCUT2D eigenvalue weighted by Crippen LogP contribution is -2.32. The van der Waals surface area contributed by atoms with E-state index in [2.05, 4.69) is 10.5 Å². The summed E-state index contributed by atoms with van der Waals surface area (Å²) in [6.45, 7) is 4.33. The minimum atomic E-state index is -0.130. The predicted octanol–water partition coefficient (Wildman–Crippen LogP) is 1.43. The average molecular weight is 252 g/mol. The summed E-state index contributed by atoms with van der Waals surface area (Å²) in [6, 6.07) is 0. The second kappa shape index (κ2) is 5.52. The van der Waals surface area contributed by atoms with Gasteiger partial charge in [0.05, 0.1) is 5.69 Å². The third-order valence-electron chi connectivity index (χ3n) is 3.84. The van der Waals surface area contributed by atoms with Crippen molar-refractivity contribution in [3.05, 3.63) is 17.0 Å². The van der Waals surface area contributed by atoms with Gasteiger partial charge in [0.2, 0.25) is 0 Å². The first-order valence-corrected chi connectivity index (χ1v) is 6.45. The largest absolute Gasteiger partial charge is 0.396 e. The van der Waals surface area contributed by atoms with E-state index in [1.807, 2.05) is 0 Å². The molecular weight excluding hydrogens is 232 g/mol. The van der Waals surface area contributed by atoms with Crippen LogP contribution >= 0.6 is 0 Å². The van der Waals surface area contributed by atoms with Gasteiger partial charge in [-0.1, -0.05) is 11.6 Å². The summed E-state index contributed by atoms with van der Waals surface area (Å²) in [4.78, 5) is 12.0. The summed E-state index contributed by atoms with van der Waals surface area (Å²) in [5.74, 6) is 1.14. The number of amides is 1. The first-order chi connectivity index (χ1) is 8.63. The predicted molar refractivity (Wildman–Crippen MR) is 66.2 cm³/mol. The molecule has 0 saturated heterocycles. The number of nitrogens with one attached hydrogen (secondary N) is 1. The van der Waals surface area contributed by atoms with Gasteiger partial charge in [0.25, 0.3) is 5.91 Å². The van der Waals surface area contributed by atoms with E-state index in [-0.39, 0.29) is 12.5 Å². The van der Waals surface area contributed by atoms with Crippen molar-refractivity contribution in [1.29, 1.82) is 0 Å². The quantitative estimate of drug-likeness (QED) is 0.850. The Bertz CT molecular complexity index is 408. The summed E-state index contributed by atoms with van der Waals surface area (Å²) in [6.07, 6.45) is 3.27. The zero-order valence-electron chi connectivity index (χ0n) is 10.9. The fourth-order valence-corrected chi connectivity index (χ4v) is 2.74. The number of aromatic nitrogens is 1. The highest BCUT2D eigenvalue weighted by Crippen LogP contribution is 2.30. The van der Waals surface area contributed by atoms with Crippen molar-refractivity contribution < 1.29 is 14.4 Å². The topological polar surface area (TPSA) is 75.4 Å². The average Bonchev–Trinajstić information content (AvgIpc) is 2.93. The number of hydrogen-bond donors (Lipinski definition) is 2. The molecule has 18 heavy (non-hydrogen) atoms. The maximum atomic E-state index is 12.0. The second-order valence-corrected chi connectivity index (χ2v) is 5.04. The number of carbonyl (C=O) groups excluding carboxylic acids is 1. The standard InChI is InChI=1S/C13H20N2O3/c1-8-12(9(2)18-15-8)13(17)14-6-10-4-3-5-11(10)7-16/h10-11,16H,3-7H2,1-2H3,(H,14,17). The minimum absolute atomic E-state index is 0.130. The Balaban J connectivity index is 1.93. The number of carbonyl (C=O) groups is 1. The molecule has 5 heteroatoms. The van der Waals surface area contributed by atoms with Crippen molar-refractivity contribution >= 4 is 5.91 Å². The van der Waals surface area contributed by atoms with E-state index >= 15 is 0 Å². The number of hydrogen-bond acceptors (Lipinski definition) is 4. The van der Waals surface area contributed by atoms with Crippen LogP contribution in [0.5, 0.6) is 0 Å². The van der Waals surface area contributed by atoms with Crippen molar-refractivity contribution in [2.24, 2.45) is 11.8 Å². The molecule has 1 fully saturated rings. The van der Waals surface area contributed by atoms with E-state index in [4.69, 9.17) is 4.52 Å². The Labute approximate surface area is 107 Å². The molecule has 1 aliphatic rings. The van der Waals surface area contributed by atoms with E-state index in [0.29, 0.717) is 35.4 Å². The molecule has 0 aromatic carbocycles. The van der Waals surface area contributed by atoms with Crippen LogP contribution in [-0.2, 0) is 0 Å². The Kier molecular flexibility index (Phi) is 4.01. The lowest BCUT2D eigenvalue weighted by molar-refractivity contribution is 0.0935. The van der Waals surface area contributed by atoms with Crippen LogP contribution in [0, 0.1) is 25.7 Å². The van der Waals surface area contributed by atoms with Gasteiger partial charge >= 0.3 is 0 Å². The molecule has 1 amide bonds. The fraction of sp³-hybridized carbons (Fsp3) is 0.692. The zero-order chi connectivity index (χ0) is 13.1. The highest BCUT2D eigenvalue weighted by atomic mass is 16.5. The zero-order valence-corrected chi connectivity index (χ0v) is 10.9. The van der Waals surface area contributed by atoms with Crippen molar-refractivity contribution in [2.45, 2.75) is 33.1 Å². The molecule has 1 aromatic heterocycles. The summed E-state index contributed by atoms with van der Waals surface area (Å²) < 4.78 is 4.98. The highest BCUT2D eigenvalue weighted by molar-refractivity contribution is 5.96. The Morgan fingerprint density at radius 1 is 1.44 bits per heavy atom. The molecule has 5 nitrogen and oxygen atoms in total. The summed E-state index contributed by atoms with van der Waals surface area (Å²) >= 11 is 0. The molecule has 2 N–H and O–H groups in total. The normalized spacial score (nSPS) is 23.3. The third kappa shape index (κ3) is 2.56. The van der Waals surface area contributed by atoms with E-state index in [1.54, 1.807) is 13.8 Å². The van der Waals surface area contributed by atoms with Crippen LogP contribution in [0.4, 0.5) is 0 Å². The van der Waals surface area contributed by atoms with Gasteiger partial charge in [0, 0.05) is 13.2 Å². The number of nitrogens with zero attached hydrogens (tertiary/aromatic N) is 1. The number of aliphatic hydroxyl groups is 1. The Morgan fingerprint density at radius 2 is 2.17 bits per heavy atom. The van der Waals surface area contributed by atoms with Crippen LogP contribution in [0.1, 0.15) is 41.1 Å². The number of aryl methyl sites for hydroxylation is 2. The lowest BCUT2D eigenvalue weighted by atomic mass is 9.97. The van der Waals surface area contributed by atoms with E-state index in [1.165, 1.54) is 0 Å². The summed E-state index contributed by atoms with van der Waals surface area (Å²) in [5.41, 5.74) is 1.16. The summed E-state index contributed by atoms with van der Waals surface area (Å²) in [7, 11) is 0. The molecule has 0 spiro atoms. The molecule has 2 unspecified atom stereocenters. The molecule has 0 aliphatic heterocycles. The Morgan fingerprint density at radius 3 is 2.78 bits per heavy atom. The maximum Gasteiger partial charge on any atom is 0.256 e. The molecular formula is C13H20N2O3. The molecule has 0 radical (unpaired) electrons. The van der Waals surface area contributed by atoms with Gasteiger partial charge in [0.1, 0.15) is 11.3 Å². The molecule has 100 valence electrons. The van der Waals surface area contributed by atoms with Crippen LogP contribution in [0.15, 0.2) is 4.52 Å². The summed E-state index contributed by atoms with van der Waals surface area (Å²) in [5, 5.41) is 15.9. The monoisotopic (exact) mass is 252 g/mol. The van der Waals surface area contributed by atoms with Crippen LogP contribution in [0.25, 0.3) is 0 Å². The first-order valence-electron chi connectivity index (χ1n) is 6.45.